The van der Waals surface area contributed by atoms with Crippen LogP contribution in [-0.4, -0.2) is 4.57 Å². The van der Waals surface area contributed by atoms with Gasteiger partial charge in [0.15, 0.2) is 0 Å². The molecule has 2 aliphatic carbocycles. The normalized spacial score (nSPS) is 15.9. The van der Waals surface area contributed by atoms with E-state index in [4.69, 9.17) is 0 Å². The van der Waals surface area contributed by atoms with Crippen LogP contribution in [0, 0.1) is 39.9 Å². The zero-order valence-corrected chi connectivity index (χ0v) is 28.6. The van der Waals surface area contributed by atoms with Crippen LogP contribution in [0.25, 0.3) is 44.9 Å². The SMILES string of the molecule is CC1C=CC(C#N)=CC1c1ccccc1Nc1ccc(-c2cccc(-c3cc(C#N)ccc3-n3c4c(c5ccccc53)C=CC=CC4)c2)c(C#N)c1. The summed E-state index contributed by atoms with van der Waals surface area (Å²) in [4.78, 5) is 0. The lowest BCUT2D eigenvalue weighted by Gasteiger charge is -2.25. The highest BCUT2D eigenvalue weighted by molar-refractivity contribution is 5.95. The van der Waals surface area contributed by atoms with Crippen LogP contribution in [0.5, 0.6) is 0 Å². The van der Waals surface area contributed by atoms with Crippen molar-refractivity contribution in [2.75, 3.05) is 5.32 Å². The molecule has 2 atom stereocenters. The fourth-order valence-corrected chi connectivity index (χ4v) is 7.52. The molecule has 0 radical (unpaired) electrons. The van der Waals surface area contributed by atoms with Gasteiger partial charge in [-0.1, -0.05) is 104 Å². The molecular weight excluding hydrogens is 635 g/mol. The third-order valence-corrected chi connectivity index (χ3v) is 10.1. The van der Waals surface area contributed by atoms with E-state index in [-0.39, 0.29) is 11.8 Å². The number of nitrogens with zero attached hydrogens (tertiary/aromatic N) is 4. The summed E-state index contributed by atoms with van der Waals surface area (Å²) in [7, 11) is 0. The Bertz CT molecular complexity index is 2640. The smallest absolute Gasteiger partial charge is 0.0998 e. The predicted octanol–water partition coefficient (Wildman–Crippen LogP) is 11.3. The molecule has 0 aliphatic heterocycles. The summed E-state index contributed by atoms with van der Waals surface area (Å²) >= 11 is 0. The van der Waals surface area contributed by atoms with Crippen LogP contribution >= 0.6 is 0 Å². The number of para-hydroxylation sites is 2. The third-order valence-electron chi connectivity index (χ3n) is 10.1. The molecule has 0 amide bonds. The molecule has 2 unspecified atom stereocenters. The maximum Gasteiger partial charge on any atom is 0.0998 e. The molecule has 6 aromatic rings. The van der Waals surface area contributed by atoms with E-state index >= 15 is 0 Å². The Balaban J connectivity index is 1.19. The van der Waals surface area contributed by atoms with E-state index in [0.29, 0.717) is 16.7 Å². The van der Waals surface area contributed by atoms with E-state index in [1.165, 1.54) is 16.6 Å². The molecule has 1 N–H and O–H groups in total. The number of nitriles is 3. The summed E-state index contributed by atoms with van der Waals surface area (Å²) < 4.78 is 2.33. The second kappa shape index (κ2) is 13.6. The monoisotopic (exact) mass is 667 g/mol. The molecule has 0 bridgehead atoms. The van der Waals surface area contributed by atoms with Gasteiger partial charge in [0.2, 0.25) is 0 Å². The first-order chi connectivity index (χ1) is 25.6. The number of aromatic nitrogens is 1. The average Bonchev–Trinajstić information content (AvgIpc) is 3.31. The van der Waals surface area contributed by atoms with Crippen LogP contribution in [0.1, 0.15) is 40.8 Å². The van der Waals surface area contributed by atoms with Gasteiger partial charge in [-0.2, -0.15) is 15.8 Å². The summed E-state index contributed by atoms with van der Waals surface area (Å²) in [6.07, 6.45) is 15.3. The molecule has 246 valence electrons. The Morgan fingerprint density at radius 1 is 0.731 bits per heavy atom. The largest absolute Gasteiger partial charge is 0.355 e. The lowest BCUT2D eigenvalue weighted by Crippen LogP contribution is -2.11. The second-order valence-corrected chi connectivity index (χ2v) is 13.2. The van der Waals surface area contributed by atoms with Crippen molar-refractivity contribution in [1.29, 1.82) is 15.8 Å². The molecule has 1 aromatic heterocycles. The van der Waals surface area contributed by atoms with Gasteiger partial charge in [-0.15, -0.1) is 0 Å². The van der Waals surface area contributed by atoms with Crippen molar-refractivity contribution in [3.8, 4) is 46.1 Å². The highest BCUT2D eigenvalue weighted by Gasteiger charge is 2.23. The summed E-state index contributed by atoms with van der Waals surface area (Å²) in [6.45, 7) is 2.16. The lowest BCUT2D eigenvalue weighted by molar-refractivity contribution is 0.634. The first-order valence-electron chi connectivity index (χ1n) is 17.4. The van der Waals surface area contributed by atoms with Crippen molar-refractivity contribution < 1.29 is 0 Å². The minimum atomic E-state index is 0.0534. The Morgan fingerprint density at radius 3 is 2.40 bits per heavy atom. The number of rotatable bonds is 6. The summed E-state index contributed by atoms with van der Waals surface area (Å²) in [6, 6.07) is 43.7. The zero-order chi connectivity index (χ0) is 35.6. The van der Waals surface area contributed by atoms with Gasteiger partial charge in [-0.25, -0.2) is 0 Å². The zero-order valence-electron chi connectivity index (χ0n) is 28.6. The molecule has 5 aromatic carbocycles. The first kappa shape index (κ1) is 32.1. The molecule has 0 saturated heterocycles. The molecule has 52 heavy (non-hydrogen) atoms. The number of nitrogens with one attached hydrogen (secondary N) is 1. The Kier molecular flexibility index (Phi) is 8.42. The van der Waals surface area contributed by atoms with Gasteiger partial charge in [0.05, 0.1) is 40.5 Å². The minimum absolute atomic E-state index is 0.0534. The Hall–Kier alpha value is -7.13. The fraction of sp³-hybridized carbons (Fsp3) is 0.0851. The van der Waals surface area contributed by atoms with Crippen LogP contribution < -0.4 is 5.32 Å². The molecule has 5 heteroatoms. The van der Waals surface area contributed by atoms with E-state index in [1.54, 1.807) is 0 Å². The topological polar surface area (TPSA) is 88.3 Å². The molecule has 0 spiro atoms. The average molecular weight is 668 g/mol. The predicted molar refractivity (Wildman–Crippen MR) is 210 cm³/mol. The highest BCUT2D eigenvalue weighted by atomic mass is 15.0. The maximum atomic E-state index is 10.4. The molecule has 5 nitrogen and oxygen atoms in total. The van der Waals surface area contributed by atoms with Gasteiger partial charge < -0.3 is 9.88 Å². The van der Waals surface area contributed by atoms with Crippen molar-refractivity contribution in [2.24, 2.45) is 5.92 Å². The van der Waals surface area contributed by atoms with Crippen molar-refractivity contribution in [3.63, 3.8) is 0 Å². The van der Waals surface area contributed by atoms with Crippen LogP contribution in [-0.2, 0) is 6.42 Å². The molecule has 2 aliphatic rings. The van der Waals surface area contributed by atoms with E-state index < -0.39 is 0 Å². The fourth-order valence-electron chi connectivity index (χ4n) is 7.52. The summed E-state index contributed by atoms with van der Waals surface area (Å²) in [5.41, 5.74) is 12.8. The number of anilines is 2. The quantitative estimate of drug-likeness (QED) is 0.191. The Morgan fingerprint density at radius 2 is 1.56 bits per heavy atom. The van der Waals surface area contributed by atoms with Gasteiger partial charge in [-0.05, 0) is 82.8 Å². The third kappa shape index (κ3) is 5.80. The van der Waals surface area contributed by atoms with Crippen LogP contribution in [0.4, 0.5) is 11.4 Å². The standard InChI is InChI=1S/C47H33N5/c1-31-18-19-32(28-48)24-42(31)39-12-5-7-15-44(39)51-37-21-22-38(36(27-37)30-50)34-10-9-11-35(26-34)43-25-33(29-49)20-23-47(43)52-45-16-4-2-3-13-40(45)41-14-6-8-17-46(41)52/h2-15,17-27,31,42,51H,16H2,1H3. The highest BCUT2D eigenvalue weighted by Crippen LogP contribution is 2.40. The second-order valence-electron chi connectivity index (χ2n) is 13.2. The number of fused-ring (bicyclic) bond motifs is 3. The molecule has 8 rings (SSSR count). The van der Waals surface area contributed by atoms with Crippen molar-refractivity contribution in [1.82, 2.24) is 4.57 Å². The van der Waals surface area contributed by atoms with E-state index in [0.717, 1.165) is 56.8 Å². The molecule has 0 fully saturated rings. The Labute approximate surface area is 303 Å². The summed E-state index contributed by atoms with van der Waals surface area (Å²) in [5, 5.41) is 34.7. The van der Waals surface area contributed by atoms with Crippen LogP contribution in [0.2, 0.25) is 0 Å². The van der Waals surface area contributed by atoms with E-state index in [2.05, 4.69) is 108 Å². The van der Waals surface area contributed by atoms with Gasteiger partial charge in [0.25, 0.3) is 0 Å². The van der Waals surface area contributed by atoms with Gasteiger partial charge >= 0.3 is 0 Å². The van der Waals surface area contributed by atoms with E-state index in [1.807, 2.05) is 78.9 Å². The summed E-state index contributed by atoms with van der Waals surface area (Å²) in [5.74, 6) is 0.288. The number of hydrogen-bond acceptors (Lipinski definition) is 4. The molecule has 0 saturated carbocycles. The van der Waals surface area contributed by atoms with Gasteiger partial charge in [0, 0.05) is 51.5 Å². The number of hydrogen-bond donors (Lipinski definition) is 1. The molecule has 1 heterocycles. The van der Waals surface area contributed by atoms with Crippen molar-refractivity contribution in [3.05, 3.63) is 179 Å². The van der Waals surface area contributed by atoms with E-state index in [9.17, 15) is 15.8 Å². The molecular formula is C47H33N5. The maximum absolute atomic E-state index is 10.4. The van der Waals surface area contributed by atoms with Gasteiger partial charge in [0.1, 0.15) is 0 Å². The van der Waals surface area contributed by atoms with Crippen molar-refractivity contribution in [2.45, 2.75) is 19.3 Å². The van der Waals surface area contributed by atoms with Crippen LogP contribution in [0.15, 0.2) is 151 Å². The van der Waals surface area contributed by atoms with Gasteiger partial charge in [-0.3, -0.25) is 0 Å². The number of allylic oxidation sites excluding steroid dienone is 7. The first-order valence-corrected chi connectivity index (χ1v) is 17.4. The van der Waals surface area contributed by atoms with Crippen LogP contribution in [0.3, 0.4) is 0 Å². The lowest BCUT2D eigenvalue weighted by atomic mass is 9.81. The minimum Gasteiger partial charge on any atom is -0.355 e. The van der Waals surface area contributed by atoms with Crippen molar-refractivity contribution >= 4 is 28.4 Å². The number of benzene rings is 5.